The Morgan fingerprint density at radius 3 is 2.48 bits per heavy atom. The van der Waals surface area contributed by atoms with Crippen molar-refractivity contribution < 1.29 is 19.2 Å². The van der Waals surface area contributed by atoms with Gasteiger partial charge in [-0.2, -0.15) is 0 Å². The zero-order valence-corrected chi connectivity index (χ0v) is 16.1. The van der Waals surface area contributed by atoms with Crippen LogP contribution in [-0.4, -0.2) is 23.4 Å². The number of esters is 1. The molecule has 0 radical (unpaired) electrons. The van der Waals surface area contributed by atoms with Crippen LogP contribution in [-0.2, 0) is 20.7 Å². The number of rotatable bonds is 6. The number of ether oxygens (including phenoxy) is 1. The molecular formula is C22H20N2O5. The van der Waals surface area contributed by atoms with Crippen molar-refractivity contribution in [2.24, 2.45) is 0 Å². The summed E-state index contributed by atoms with van der Waals surface area (Å²) in [6, 6.07) is 16.3. The van der Waals surface area contributed by atoms with Crippen LogP contribution in [0.3, 0.4) is 0 Å². The van der Waals surface area contributed by atoms with E-state index in [1.165, 1.54) is 12.1 Å². The standard InChI is InChI=1S/C22H20N2O5/c1-14-10-19(20(24(27)28)11-15(14)2)23-21(25)13-29-22(26)12-17-8-5-7-16-6-3-4-9-18(16)17/h3-11H,12-13H2,1-2H3,(H,23,25). The van der Waals surface area contributed by atoms with Crippen molar-refractivity contribution in [2.75, 3.05) is 11.9 Å². The topological polar surface area (TPSA) is 98.5 Å². The molecule has 0 bridgehead atoms. The van der Waals surface area contributed by atoms with Crippen LogP contribution in [0.4, 0.5) is 11.4 Å². The van der Waals surface area contributed by atoms with Gasteiger partial charge in [0.1, 0.15) is 5.69 Å². The molecule has 0 aromatic heterocycles. The Kier molecular flexibility index (Phi) is 5.87. The molecule has 0 aliphatic carbocycles. The Bertz CT molecular complexity index is 1100. The Morgan fingerprint density at radius 2 is 1.72 bits per heavy atom. The fourth-order valence-corrected chi connectivity index (χ4v) is 3.04. The average Bonchev–Trinajstić information content (AvgIpc) is 2.69. The summed E-state index contributed by atoms with van der Waals surface area (Å²) in [6.45, 7) is 3.02. The molecule has 1 N–H and O–H groups in total. The van der Waals surface area contributed by atoms with Gasteiger partial charge in [-0.05, 0) is 47.4 Å². The molecule has 0 aliphatic rings. The Labute approximate surface area is 167 Å². The Morgan fingerprint density at radius 1 is 1.03 bits per heavy atom. The third kappa shape index (κ3) is 4.76. The van der Waals surface area contributed by atoms with Crippen molar-refractivity contribution in [1.29, 1.82) is 0 Å². The SMILES string of the molecule is Cc1cc(NC(=O)COC(=O)Cc2cccc3ccccc23)c([N+](=O)[O-])cc1C. The molecule has 0 saturated heterocycles. The number of carbonyl (C=O) groups is 2. The molecule has 148 valence electrons. The first-order chi connectivity index (χ1) is 13.8. The molecule has 0 heterocycles. The Balaban J connectivity index is 1.63. The number of nitro groups is 1. The highest BCUT2D eigenvalue weighted by Gasteiger charge is 2.18. The van der Waals surface area contributed by atoms with Gasteiger partial charge in [0.15, 0.2) is 6.61 Å². The van der Waals surface area contributed by atoms with Gasteiger partial charge in [-0.3, -0.25) is 19.7 Å². The third-order valence-electron chi connectivity index (χ3n) is 4.66. The van der Waals surface area contributed by atoms with Crippen LogP contribution in [0.15, 0.2) is 54.6 Å². The number of nitrogens with one attached hydrogen (secondary N) is 1. The third-order valence-corrected chi connectivity index (χ3v) is 4.66. The number of hydrogen-bond acceptors (Lipinski definition) is 5. The number of hydrogen-bond donors (Lipinski definition) is 1. The fourth-order valence-electron chi connectivity index (χ4n) is 3.04. The highest BCUT2D eigenvalue weighted by Crippen LogP contribution is 2.28. The number of benzene rings is 3. The summed E-state index contributed by atoms with van der Waals surface area (Å²) < 4.78 is 5.06. The first-order valence-corrected chi connectivity index (χ1v) is 9.03. The van der Waals surface area contributed by atoms with Crippen molar-refractivity contribution in [3.05, 3.63) is 81.4 Å². The van der Waals surface area contributed by atoms with Crippen LogP contribution in [0.5, 0.6) is 0 Å². The van der Waals surface area contributed by atoms with Crippen molar-refractivity contribution >= 4 is 34.0 Å². The zero-order chi connectivity index (χ0) is 21.0. The average molecular weight is 392 g/mol. The number of fused-ring (bicyclic) bond motifs is 1. The van der Waals surface area contributed by atoms with Crippen LogP contribution in [0.2, 0.25) is 0 Å². The van der Waals surface area contributed by atoms with Crippen LogP contribution < -0.4 is 5.32 Å². The van der Waals surface area contributed by atoms with Gasteiger partial charge in [0, 0.05) is 6.07 Å². The second kappa shape index (κ2) is 8.52. The van der Waals surface area contributed by atoms with Gasteiger partial charge in [-0.15, -0.1) is 0 Å². The van der Waals surface area contributed by atoms with Crippen molar-refractivity contribution in [2.45, 2.75) is 20.3 Å². The van der Waals surface area contributed by atoms with Gasteiger partial charge in [-0.25, -0.2) is 0 Å². The minimum Gasteiger partial charge on any atom is -0.455 e. The largest absolute Gasteiger partial charge is 0.455 e. The molecule has 7 nitrogen and oxygen atoms in total. The second-order valence-electron chi connectivity index (χ2n) is 6.73. The number of anilines is 1. The molecule has 3 aromatic carbocycles. The minimum absolute atomic E-state index is 0.0262. The summed E-state index contributed by atoms with van der Waals surface area (Å²) in [5.74, 6) is -1.19. The lowest BCUT2D eigenvalue weighted by molar-refractivity contribution is -0.384. The molecule has 0 saturated carbocycles. The van der Waals surface area contributed by atoms with Gasteiger partial charge in [0.2, 0.25) is 0 Å². The highest BCUT2D eigenvalue weighted by molar-refractivity contribution is 5.95. The maximum Gasteiger partial charge on any atom is 0.310 e. The highest BCUT2D eigenvalue weighted by atomic mass is 16.6. The second-order valence-corrected chi connectivity index (χ2v) is 6.73. The molecule has 3 aromatic rings. The molecule has 0 spiro atoms. The van der Waals surface area contributed by atoms with E-state index in [0.717, 1.165) is 27.5 Å². The number of nitrogens with zero attached hydrogens (tertiary/aromatic N) is 1. The van der Waals surface area contributed by atoms with E-state index in [2.05, 4.69) is 5.32 Å². The minimum atomic E-state index is -0.636. The van der Waals surface area contributed by atoms with Crippen molar-refractivity contribution in [3.63, 3.8) is 0 Å². The van der Waals surface area contributed by atoms with Crippen molar-refractivity contribution in [1.82, 2.24) is 0 Å². The summed E-state index contributed by atoms with van der Waals surface area (Å²) >= 11 is 0. The predicted molar refractivity (Wildman–Crippen MR) is 110 cm³/mol. The summed E-state index contributed by atoms with van der Waals surface area (Å²) in [7, 11) is 0. The zero-order valence-electron chi connectivity index (χ0n) is 16.1. The lowest BCUT2D eigenvalue weighted by Gasteiger charge is -2.10. The van der Waals surface area contributed by atoms with Crippen LogP contribution in [0.25, 0.3) is 10.8 Å². The van der Waals surface area contributed by atoms with Gasteiger partial charge in [0.05, 0.1) is 11.3 Å². The van der Waals surface area contributed by atoms with E-state index in [-0.39, 0.29) is 17.8 Å². The first kappa shape index (κ1) is 20.0. The lowest BCUT2D eigenvalue weighted by atomic mass is 10.0. The molecular weight excluding hydrogens is 372 g/mol. The number of amides is 1. The predicted octanol–water partition coefficient (Wildman–Crippen LogP) is 4.09. The molecule has 0 aliphatic heterocycles. The van der Waals surface area contributed by atoms with E-state index >= 15 is 0 Å². The summed E-state index contributed by atoms with van der Waals surface area (Å²) in [5.41, 5.74) is 2.23. The number of nitro benzene ring substituents is 1. The smallest absolute Gasteiger partial charge is 0.310 e. The molecule has 1 amide bonds. The monoisotopic (exact) mass is 392 g/mol. The fraction of sp³-hybridized carbons (Fsp3) is 0.182. The van der Waals surface area contributed by atoms with Gasteiger partial charge < -0.3 is 10.1 Å². The van der Waals surface area contributed by atoms with Crippen LogP contribution in [0, 0.1) is 24.0 Å². The van der Waals surface area contributed by atoms with Crippen LogP contribution in [0.1, 0.15) is 16.7 Å². The van der Waals surface area contributed by atoms with E-state index in [9.17, 15) is 19.7 Å². The summed E-state index contributed by atoms with van der Waals surface area (Å²) in [4.78, 5) is 35.0. The van der Waals surface area contributed by atoms with Crippen LogP contribution >= 0.6 is 0 Å². The van der Waals surface area contributed by atoms with Gasteiger partial charge in [-0.1, -0.05) is 42.5 Å². The van der Waals surface area contributed by atoms with E-state index < -0.39 is 23.4 Å². The molecule has 0 atom stereocenters. The van der Waals surface area contributed by atoms with E-state index in [0.29, 0.717) is 0 Å². The van der Waals surface area contributed by atoms with Gasteiger partial charge >= 0.3 is 5.97 Å². The summed E-state index contributed by atoms with van der Waals surface area (Å²) in [6.07, 6.45) is 0.0262. The quantitative estimate of drug-likeness (QED) is 0.387. The summed E-state index contributed by atoms with van der Waals surface area (Å²) in [5, 5.41) is 15.6. The molecule has 29 heavy (non-hydrogen) atoms. The number of carbonyl (C=O) groups excluding carboxylic acids is 2. The molecule has 0 fully saturated rings. The van der Waals surface area contributed by atoms with E-state index in [4.69, 9.17) is 4.74 Å². The number of aryl methyl sites for hydroxylation is 2. The molecule has 0 unspecified atom stereocenters. The van der Waals surface area contributed by atoms with Gasteiger partial charge in [0.25, 0.3) is 11.6 Å². The van der Waals surface area contributed by atoms with E-state index in [1.807, 2.05) is 42.5 Å². The lowest BCUT2D eigenvalue weighted by Crippen LogP contribution is -2.22. The molecule has 3 rings (SSSR count). The van der Waals surface area contributed by atoms with Crippen molar-refractivity contribution in [3.8, 4) is 0 Å². The van der Waals surface area contributed by atoms with E-state index in [1.54, 1.807) is 13.8 Å². The molecule has 7 heteroatoms. The Hall–Kier alpha value is -3.74. The first-order valence-electron chi connectivity index (χ1n) is 9.03. The normalized spacial score (nSPS) is 10.6. The maximum absolute atomic E-state index is 12.2. The maximum atomic E-state index is 12.2.